The summed E-state index contributed by atoms with van der Waals surface area (Å²) in [6.07, 6.45) is -4.07. The summed E-state index contributed by atoms with van der Waals surface area (Å²) in [5.74, 6) is 0.576. The van der Waals surface area contributed by atoms with Crippen LogP contribution in [-0.2, 0) is 11.0 Å². The number of hydrogen-bond acceptors (Lipinski definition) is 2. The predicted molar refractivity (Wildman–Crippen MR) is 82.4 cm³/mol. The smallest absolute Gasteiger partial charge is 0.326 e. The average molecular weight is 331 g/mol. The van der Waals surface area contributed by atoms with Crippen molar-refractivity contribution in [1.29, 1.82) is 0 Å². The average Bonchev–Trinajstić information content (AvgIpc) is 2.84. The first kappa shape index (κ1) is 17.2. The van der Waals surface area contributed by atoms with Gasteiger partial charge in [0.15, 0.2) is 0 Å². The van der Waals surface area contributed by atoms with Gasteiger partial charge in [0, 0.05) is 18.7 Å². The Balaban J connectivity index is 2.30. The number of carbonyl (C=O) groups is 1. The summed E-state index contributed by atoms with van der Waals surface area (Å²) in [5, 5.41) is -0.548. The number of amides is 1. The Morgan fingerprint density at radius 3 is 2.50 bits per heavy atom. The third kappa shape index (κ3) is 3.97. The molecule has 2 nitrogen and oxygen atoms in total. The summed E-state index contributed by atoms with van der Waals surface area (Å²) in [5.41, 5.74) is -0.652. The molecular formula is C16H20F3NOS. The van der Waals surface area contributed by atoms with Crippen molar-refractivity contribution in [3.05, 3.63) is 35.4 Å². The van der Waals surface area contributed by atoms with Gasteiger partial charge in [0.2, 0.25) is 5.91 Å². The van der Waals surface area contributed by atoms with Crippen LogP contribution in [0.25, 0.3) is 0 Å². The molecule has 1 amide bonds. The Morgan fingerprint density at radius 2 is 1.91 bits per heavy atom. The number of nitrogens with zero attached hydrogens (tertiary/aromatic N) is 1. The molecule has 0 N–H and O–H groups in total. The molecule has 1 aromatic carbocycles. The monoisotopic (exact) mass is 331 g/mol. The fourth-order valence-electron chi connectivity index (χ4n) is 2.51. The fraction of sp³-hybridized carbons (Fsp3) is 0.562. The van der Waals surface area contributed by atoms with Crippen LogP contribution in [0.15, 0.2) is 24.3 Å². The lowest BCUT2D eigenvalue weighted by Gasteiger charge is -2.29. The Hall–Kier alpha value is -1.17. The zero-order valence-electron chi connectivity index (χ0n) is 12.9. The van der Waals surface area contributed by atoms with Crippen LogP contribution in [0.1, 0.15) is 43.7 Å². The maximum Gasteiger partial charge on any atom is 0.416 e. The molecule has 0 saturated carbocycles. The Kier molecular flexibility index (Phi) is 4.80. The van der Waals surface area contributed by atoms with Gasteiger partial charge in [0.1, 0.15) is 5.37 Å². The second-order valence-electron chi connectivity index (χ2n) is 6.63. The van der Waals surface area contributed by atoms with Crippen LogP contribution in [0.5, 0.6) is 0 Å². The molecule has 1 fully saturated rings. The third-order valence-corrected chi connectivity index (χ3v) is 4.67. The second kappa shape index (κ2) is 6.14. The first-order chi connectivity index (χ1) is 10.1. The van der Waals surface area contributed by atoms with E-state index >= 15 is 0 Å². The van der Waals surface area contributed by atoms with Crippen LogP contribution in [0.2, 0.25) is 0 Å². The summed E-state index contributed by atoms with van der Waals surface area (Å²) >= 11 is 1.39. The Morgan fingerprint density at radius 1 is 1.27 bits per heavy atom. The van der Waals surface area contributed by atoms with Crippen molar-refractivity contribution in [2.75, 3.05) is 12.3 Å². The van der Waals surface area contributed by atoms with Crippen LogP contribution in [0.4, 0.5) is 13.2 Å². The molecule has 0 aliphatic carbocycles. The zero-order chi connectivity index (χ0) is 16.5. The third-order valence-electron chi connectivity index (χ3n) is 3.43. The second-order valence-corrected chi connectivity index (χ2v) is 7.82. The van der Waals surface area contributed by atoms with Gasteiger partial charge >= 0.3 is 6.18 Å². The minimum absolute atomic E-state index is 0.0838. The van der Waals surface area contributed by atoms with E-state index in [1.807, 2.05) is 20.8 Å². The number of hydrogen-bond donors (Lipinski definition) is 0. The van der Waals surface area contributed by atoms with Gasteiger partial charge in [0.05, 0.1) is 5.56 Å². The molecule has 0 spiro atoms. The van der Waals surface area contributed by atoms with Crippen molar-refractivity contribution in [3.8, 4) is 0 Å². The molecule has 1 aromatic rings. The van der Waals surface area contributed by atoms with Crippen molar-refractivity contribution in [2.45, 2.75) is 38.7 Å². The lowest BCUT2D eigenvalue weighted by atomic mass is 9.91. The summed E-state index contributed by atoms with van der Waals surface area (Å²) in [7, 11) is 0. The standard InChI is InChI=1S/C16H20F3NOS/c1-15(2,3)10-13(21)20-8-9-22-14(20)11-6-4-5-7-12(11)16(17,18)19/h4-7,14H,8-10H2,1-3H3/t14-/m0/s1. The lowest BCUT2D eigenvalue weighted by Crippen LogP contribution is -2.33. The van der Waals surface area contributed by atoms with Gasteiger partial charge in [-0.05, 0) is 17.0 Å². The molecule has 0 unspecified atom stereocenters. The van der Waals surface area contributed by atoms with Crippen LogP contribution >= 0.6 is 11.8 Å². The zero-order valence-corrected chi connectivity index (χ0v) is 13.7. The van der Waals surface area contributed by atoms with Crippen molar-refractivity contribution >= 4 is 17.7 Å². The summed E-state index contributed by atoms with van der Waals surface area (Å²) in [4.78, 5) is 14.0. The number of alkyl halides is 3. The summed E-state index contributed by atoms with van der Waals surface area (Å²) < 4.78 is 39.6. The number of rotatable bonds is 2. The molecule has 122 valence electrons. The van der Waals surface area contributed by atoms with E-state index in [0.717, 1.165) is 6.07 Å². The number of halogens is 3. The predicted octanol–water partition coefficient (Wildman–Crippen LogP) is 4.72. The van der Waals surface area contributed by atoms with Crippen molar-refractivity contribution in [3.63, 3.8) is 0 Å². The van der Waals surface area contributed by atoms with E-state index in [2.05, 4.69) is 0 Å². The molecule has 1 aliphatic heterocycles. The van der Waals surface area contributed by atoms with Gasteiger partial charge < -0.3 is 4.90 Å². The number of thioether (sulfide) groups is 1. The molecule has 6 heteroatoms. The summed E-state index contributed by atoms with van der Waals surface area (Å²) in [6, 6.07) is 5.53. The Bertz CT molecular complexity index is 551. The van der Waals surface area contributed by atoms with E-state index in [-0.39, 0.29) is 16.9 Å². The topological polar surface area (TPSA) is 20.3 Å². The van der Waals surface area contributed by atoms with Crippen molar-refractivity contribution in [2.24, 2.45) is 5.41 Å². The fourth-order valence-corrected chi connectivity index (χ4v) is 3.82. The number of benzene rings is 1. The first-order valence-electron chi connectivity index (χ1n) is 7.17. The molecule has 0 aromatic heterocycles. The Labute approximate surface area is 133 Å². The van der Waals surface area contributed by atoms with Gasteiger partial charge in [0.25, 0.3) is 0 Å². The molecule has 1 saturated heterocycles. The van der Waals surface area contributed by atoms with Crippen molar-refractivity contribution in [1.82, 2.24) is 4.90 Å². The van der Waals surface area contributed by atoms with Gasteiger partial charge in [-0.1, -0.05) is 39.0 Å². The van der Waals surface area contributed by atoms with Gasteiger partial charge in [-0.2, -0.15) is 13.2 Å². The molecule has 1 atom stereocenters. The largest absolute Gasteiger partial charge is 0.416 e. The molecule has 0 radical (unpaired) electrons. The molecule has 1 heterocycles. The van der Waals surface area contributed by atoms with E-state index in [4.69, 9.17) is 0 Å². The van der Waals surface area contributed by atoms with Crippen LogP contribution in [0, 0.1) is 5.41 Å². The highest BCUT2D eigenvalue weighted by atomic mass is 32.2. The van der Waals surface area contributed by atoms with Crippen LogP contribution < -0.4 is 0 Å². The van der Waals surface area contributed by atoms with Gasteiger partial charge in [-0.15, -0.1) is 11.8 Å². The SMILES string of the molecule is CC(C)(C)CC(=O)N1CCS[C@H]1c1ccccc1C(F)(F)F. The van der Waals surface area contributed by atoms with Crippen LogP contribution in [-0.4, -0.2) is 23.1 Å². The van der Waals surface area contributed by atoms with E-state index in [1.165, 1.54) is 23.9 Å². The molecular weight excluding hydrogens is 311 g/mol. The van der Waals surface area contributed by atoms with Gasteiger partial charge in [-0.25, -0.2) is 0 Å². The number of carbonyl (C=O) groups excluding carboxylic acids is 1. The molecule has 2 rings (SSSR count). The molecule has 22 heavy (non-hydrogen) atoms. The molecule has 1 aliphatic rings. The van der Waals surface area contributed by atoms with Gasteiger partial charge in [-0.3, -0.25) is 4.79 Å². The van der Waals surface area contributed by atoms with Crippen LogP contribution in [0.3, 0.4) is 0 Å². The maximum atomic E-state index is 13.2. The minimum Gasteiger partial charge on any atom is -0.326 e. The quantitative estimate of drug-likeness (QED) is 0.782. The maximum absolute atomic E-state index is 13.2. The highest BCUT2D eigenvalue weighted by Gasteiger charge is 2.39. The molecule has 0 bridgehead atoms. The highest BCUT2D eigenvalue weighted by Crippen LogP contribution is 2.44. The highest BCUT2D eigenvalue weighted by molar-refractivity contribution is 7.99. The van der Waals surface area contributed by atoms with E-state index in [9.17, 15) is 18.0 Å². The minimum atomic E-state index is -4.40. The van der Waals surface area contributed by atoms with Crippen molar-refractivity contribution < 1.29 is 18.0 Å². The summed E-state index contributed by atoms with van der Waals surface area (Å²) in [6.45, 7) is 6.35. The van der Waals surface area contributed by atoms with E-state index in [0.29, 0.717) is 18.7 Å². The normalized spacial score (nSPS) is 19.5. The van der Waals surface area contributed by atoms with E-state index < -0.39 is 17.1 Å². The first-order valence-corrected chi connectivity index (χ1v) is 8.22. The lowest BCUT2D eigenvalue weighted by molar-refractivity contribution is -0.140. The van der Waals surface area contributed by atoms with E-state index in [1.54, 1.807) is 11.0 Å².